The molecule has 0 saturated carbocycles. The number of amides is 1. The van der Waals surface area contributed by atoms with Gasteiger partial charge in [-0.1, -0.05) is 0 Å². The molecule has 0 bridgehead atoms. The van der Waals surface area contributed by atoms with Gasteiger partial charge in [-0.25, -0.2) is 8.78 Å². The molecule has 6 heteroatoms. The number of benzene rings is 1. The third-order valence-corrected chi connectivity index (χ3v) is 2.24. The van der Waals surface area contributed by atoms with Gasteiger partial charge in [-0.05, 0) is 32.2 Å². The maximum atomic E-state index is 12.8. The fraction of sp³-hybridized carbons (Fsp3) is 0.364. The number of carbonyl (C=O) groups is 1. The zero-order valence-corrected chi connectivity index (χ0v) is 10.4. The van der Waals surface area contributed by atoms with E-state index in [1.165, 1.54) is 6.07 Å². The highest BCUT2D eigenvalue weighted by atomic mass is 35.5. The van der Waals surface area contributed by atoms with Gasteiger partial charge in [0.2, 0.25) is 0 Å². The average Bonchev–Trinajstić information content (AvgIpc) is 2.29. The van der Waals surface area contributed by atoms with E-state index < -0.39 is 17.5 Å². The van der Waals surface area contributed by atoms with Crippen molar-refractivity contribution in [2.24, 2.45) is 0 Å². The summed E-state index contributed by atoms with van der Waals surface area (Å²) in [5.74, 6) is -2.39. The van der Waals surface area contributed by atoms with Gasteiger partial charge in [-0.3, -0.25) is 4.79 Å². The first-order chi connectivity index (χ1) is 7.54. The van der Waals surface area contributed by atoms with E-state index in [4.69, 9.17) is 0 Å². The Labute approximate surface area is 105 Å². The lowest BCUT2D eigenvalue weighted by atomic mass is 10.2. The fourth-order valence-corrected chi connectivity index (χ4v) is 1.09. The van der Waals surface area contributed by atoms with Crippen LogP contribution in [0.15, 0.2) is 18.2 Å². The van der Waals surface area contributed by atoms with Crippen LogP contribution in [-0.2, 0) is 0 Å². The Hall–Kier alpha value is -1.20. The minimum absolute atomic E-state index is 0. The van der Waals surface area contributed by atoms with Crippen molar-refractivity contribution in [2.45, 2.75) is 13.0 Å². The van der Waals surface area contributed by atoms with Gasteiger partial charge in [0.1, 0.15) is 0 Å². The van der Waals surface area contributed by atoms with Crippen molar-refractivity contribution in [1.29, 1.82) is 0 Å². The second kappa shape index (κ2) is 7.19. The molecule has 0 aromatic heterocycles. The Morgan fingerprint density at radius 1 is 1.35 bits per heavy atom. The Bertz CT molecular complexity index is 388. The average molecular weight is 265 g/mol. The number of nitrogens with one attached hydrogen (secondary N) is 2. The molecule has 1 amide bonds. The van der Waals surface area contributed by atoms with E-state index in [1.807, 2.05) is 6.92 Å². The standard InChI is InChI=1S/C11H14F2N2O.ClH/c1-7(14-2)6-15-11(16)8-3-4-9(12)10(13)5-8;/h3-5,7,14H,6H2,1-2H3,(H,15,16);1H. The summed E-state index contributed by atoms with van der Waals surface area (Å²) >= 11 is 0. The van der Waals surface area contributed by atoms with Crippen LogP contribution in [-0.4, -0.2) is 25.5 Å². The van der Waals surface area contributed by atoms with Crippen LogP contribution in [0, 0.1) is 11.6 Å². The van der Waals surface area contributed by atoms with E-state index in [0.29, 0.717) is 6.54 Å². The van der Waals surface area contributed by atoms with Crippen LogP contribution in [0.1, 0.15) is 17.3 Å². The monoisotopic (exact) mass is 264 g/mol. The SMILES string of the molecule is CNC(C)CNC(=O)c1ccc(F)c(F)c1.Cl. The molecule has 96 valence electrons. The summed E-state index contributed by atoms with van der Waals surface area (Å²) in [5, 5.41) is 5.55. The van der Waals surface area contributed by atoms with Crippen molar-refractivity contribution in [3.63, 3.8) is 0 Å². The van der Waals surface area contributed by atoms with E-state index in [9.17, 15) is 13.6 Å². The smallest absolute Gasteiger partial charge is 0.251 e. The molecule has 1 unspecified atom stereocenters. The number of halogens is 3. The van der Waals surface area contributed by atoms with E-state index >= 15 is 0 Å². The predicted octanol–water partition coefficient (Wildman–Crippen LogP) is 1.72. The van der Waals surface area contributed by atoms with Crippen LogP contribution >= 0.6 is 12.4 Å². The highest BCUT2D eigenvalue weighted by Gasteiger charge is 2.09. The number of likely N-dealkylation sites (N-methyl/N-ethyl adjacent to an activating group) is 1. The van der Waals surface area contributed by atoms with Gasteiger partial charge in [0.25, 0.3) is 5.91 Å². The Morgan fingerprint density at radius 2 is 2.00 bits per heavy atom. The van der Waals surface area contributed by atoms with Crippen molar-refractivity contribution in [3.05, 3.63) is 35.4 Å². The number of hydrogen-bond acceptors (Lipinski definition) is 2. The summed E-state index contributed by atoms with van der Waals surface area (Å²) in [4.78, 5) is 11.5. The number of carbonyl (C=O) groups excluding carboxylic acids is 1. The van der Waals surface area contributed by atoms with Crippen molar-refractivity contribution < 1.29 is 13.6 Å². The minimum Gasteiger partial charge on any atom is -0.350 e. The summed E-state index contributed by atoms with van der Waals surface area (Å²) in [6, 6.07) is 3.19. The molecule has 0 spiro atoms. The van der Waals surface area contributed by atoms with Crippen molar-refractivity contribution >= 4 is 18.3 Å². The quantitative estimate of drug-likeness (QED) is 0.870. The van der Waals surface area contributed by atoms with Crippen molar-refractivity contribution in [3.8, 4) is 0 Å². The van der Waals surface area contributed by atoms with Crippen molar-refractivity contribution in [1.82, 2.24) is 10.6 Å². The molecule has 1 aromatic carbocycles. The third kappa shape index (κ3) is 4.66. The van der Waals surface area contributed by atoms with Gasteiger partial charge >= 0.3 is 0 Å². The van der Waals surface area contributed by atoms with E-state index in [0.717, 1.165) is 12.1 Å². The third-order valence-electron chi connectivity index (χ3n) is 2.24. The lowest BCUT2D eigenvalue weighted by molar-refractivity contribution is 0.0950. The fourth-order valence-electron chi connectivity index (χ4n) is 1.09. The molecule has 0 saturated heterocycles. The highest BCUT2D eigenvalue weighted by molar-refractivity contribution is 5.94. The van der Waals surface area contributed by atoms with E-state index in [1.54, 1.807) is 7.05 Å². The molecule has 0 fully saturated rings. The Balaban J connectivity index is 0.00000256. The second-order valence-corrected chi connectivity index (χ2v) is 3.53. The van der Waals surface area contributed by atoms with Crippen molar-refractivity contribution in [2.75, 3.05) is 13.6 Å². The molecule has 1 atom stereocenters. The molecule has 2 N–H and O–H groups in total. The van der Waals surface area contributed by atoms with Gasteiger partial charge in [0, 0.05) is 18.2 Å². The Morgan fingerprint density at radius 3 is 2.53 bits per heavy atom. The molecule has 0 radical (unpaired) electrons. The molecule has 1 aromatic rings. The van der Waals surface area contributed by atoms with Crippen LogP contribution in [0.25, 0.3) is 0 Å². The molecular formula is C11H15ClF2N2O. The van der Waals surface area contributed by atoms with Gasteiger partial charge in [0.05, 0.1) is 0 Å². The normalized spacial score (nSPS) is 11.5. The van der Waals surface area contributed by atoms with Crippen LogP contribution < -0.4 is 10.6 Å². The predicted molar refractivity (Wildman–Crippen MR) is 64.5 cm³/mol. The first-order valence-electron chi connectivity index (χ1n) is 4.95. The van der Waals surface area contributed by atoms with E-state index in [-0.39, 0.29) is 24.0 Å². The lowest BCUT2D eigenvalue weighted by Gasteiger charge is -2.11. The van der Waals surface area contributed by atoms with E-state index in [2.05, 4.69) is 10.6 Å². The molecule has 0 heterocycles. The summed E-state index contributed by atoms with van der Waals surface area (Å²) in [6.07, 6.45) is 0. The first kappa shape index (κ1) is 15.8. The van der Waals surface area contributed by atoms with Gasteiger partial charge in [0.15, 0.2) is 11.6 Å². The first-order valence-corrected chi connectivity index (χ1v) is 4.95. The number of rotatable bonds is 4. The molecule has 17 heavy (non-hydrogen) atoms. The summed E-state index contributed by atoms with van der Waals surface area (Å²) in [7, 11) is 1.77. The molecule has 0 aliphatic carbocycles. The van der Waals surface area contributed by atoms with Gasteiger partial charge in [-0.2, -0.15) is 0 Å². The molecule has 1 rings (SSSR count). The van der Waals surface area contributed by atoms with Crippen LogP contribution in [0.4, 0.5) is 8.78 Å². The zero-order valence-electron chi connectivity index (χ0n) is 9.59. The largest absolute Gasteiger partial charge is 0.350 e. The number of hydrogen-bond donors (Lipinski definition) is 2. The highest BCUT2D eigenvalue weighted by Crippen LogP contribution is 2.08. The topological polar surface area (TPSA) is 41.1 Å². The minimum atomic E-state index is -1.02. The second-order valence-electron chi connectivity index (χ2n) is 3.53. The van der Waals surface area contributed by atoms with Gasteiger partial charge < -0.3 is 10.6 Å². The summed E-state index contributed by atoms with van der Waals surface area (Å²) in [6.45, 7) is 2.32. The molecule has 0 aliphatic heterocycles. The molecule has 3 nitrogen and oxygen atoms in total. The Kier molecular flexibility index (Phi) is 6.68. The maximum Gasteiger partial charge on any atom is 0.251 e. The van der Waals surface area contributed by atoms with Crippen LogP contribution in [0.2, 0.25) is 0 Å². The molecular weight excluding hydrogens is 250 g/mol. The molecule has 0 aliphatic rings. The maximum absolute atomic E-state index is 12.8. The lowest BCUT2D eigenvalue weighted by Crippen LogP contribution is -2.37. The summed E-state index contributed by atoms with van der Waals surface area (Å²) in [5.41, 5.74) is 0.113. The zero-order chi connectivity index (χ0) is 12.1. The van der Waals surface area contributed by atoms with Gasteiger partial charge in [-0.15, -0.1) is 12.4 Å². The summed E-state index contributed by atoms with van der Waals surface area (Å²) < 4.78 is 25.5. The van der Waals surface area contributed by atoms with Crippen LogP contribution in [0.3, 0.4) is 0 Å². The van der Waals surface area contributed by atoms with Crippen LogP contribution in [0.5, 0.6) is 0 Å².